The Morgan fingerprint density at radius 2 is 1.83 bits per heavy atom. The molecule has 2 rings (SSSR count). The molecular formula is C16H25N3O3S. The summed E-state index contributed by atoms with van der Waals surface area (Å²) in [7, 11) is -3.53. The van der Waals surface area contributed by atoms with Gasteiger partial charge in [-0.1, -0.05) is 24.6 Å². The number of sulfonamides is 1. The fourth-order valence-electron chi connectivity index (χ4n) is 2.55. The number of hydrogen-bond acceptors (Lipinski definition) is 4. The summed E-state index contributed by atoms with van der Waals surface area (Å²) in [4.78, 5) is 12.2. The molecule has 128 valence electrons. The summed E-state index contributed by atoms with van der Waals surface area (Å²) in [5.74, 6) is -0.317. The molecule has 1 aliphatic rings. The normalized spacial score (nSPS) is 17.0. The average molecular weight is 339 g/mol. The number of carbonyl (C=O) groups is 1. The van der Waals surface area contributed by atoms with E-state index >= 15 is 0 Å². The van der Waals surface area contributed by atoms with Gasteiger partial charge in [0.1, 0.15) is 0 Å². The lowest BCUT2D eigenvalue weighted by atomic mass is 10.1. The van der Waals surface area contributed by atoms with Crippen LogP contribution < -0.4 is 11.1 Å². The van der Waals surface area contributed by atoms with Gasteiger partial charge in [0.15, 0.2) is 0 Å². The monoisotopic (exact) mass is 339 g/mol. The van der Waals surface area contributed by atoms with Gasteiger partial charge in [-0.15, -0.1) is 0 Å². The Balaban J connectivity index is 2.21. The highest BCUT2D eigenvalue weighted by Gasteiger charge is 2.28. The highest BCUT2D eigenvalue weighted by atomic mass is 32.2. The molecule has 0 radical (unpaired) electrons. The first-order chi connectivity index (χ1) is 10.7. The third kappa shape index (κ3) is 4.31. The first-order valence-electron chi connectivity index (χ1n) is 7.88. The maximum atomic E-state index is 12.8. The van der Waals surface area contributed by atoms with E-state index in [4.69, 9.17) is 5.73 Å². The molecule has 6 nitrogen and oxygen atoms in total. The van der Waals surface area contributed by atoms with Gasteiger partial charge < -0.3 is 11.1 Å². The van der Waals surface area contributed by atoms with Gasteiger partial charge in [0.2, 0.25) is 15.9 Å². The second-order valence-corrected chi connectivity index (χ2v) is 8.38. The van der Waals surface area contributed by atoms with Crippen molar-refractivity contribution in [1.29, 1.82) is 0 Å². The van der Waals surface area contributed by atoms with E-state index in [1.54, 1.807) is 38.1 Å². The standard InChI is InChI=1S/C16H25N3O3S/c1-16(2,17)15(20)18-12-13-8-4-5-9-14(13)23(21,22)19-10-6-3-7-11-19/h4-5,8-9H,3,6-7,10-12,17H2,1-2H3,(H,18,20). The van der Waals surface area contributed by atoms with E-state index in [9.17, 15) is 13.2 Å². The number of benzene rings is 1. The first-order valence-corrected chi connectivity index (χ1v) is 9.32. The Morgan fingerprint density at radius 1 is 1.22 bits per heavy atom. The van der Waals surface area contributed by atoms with Crippen LogP contribution in [0.1, 0.15) is 38.7 Å². The molecule has 23 heavy (non-hydrogen) atoms. The van der Waals surface area contributed by atoms with Gasteiger partial charge in [-0.3, -0.25) is 4.79 Å². The van der Waals surface area contributed by atoms with Crippen LogP contribution in [0.2, 0.25) is 0 Å². The lowest BCUT2D eigenvalue weighted by molar-refractivity contribution is -0.125. The Hall–Kier alpha value is -1.44. The minimum atomic E-state index is -3.53. The third-order valence-corrected chi connectivity index (χ3v) is 5.93. The SMILES string of the molecule is CC(C)(N)C(=O)NCc1ccccc1S(=O)(=O)N1CCCCC1. The molecular weight excluding hydrogens is 314 g/mol. The summed E-state index contributed by atoms with van der Waals surface area (Å²) >= 11 is 0. The van der Waals surface area contributed by atoms with Crippen molar-refractivity contribution in [2.24, 2.45) is 5.73 Å². The van der Waals surface area contributed by atoms with Crippen LogP contribution in [0.15, 0.2) is 29.2 Å². The third-order valence-electron chi connectivity index (χ3n) is 3.93. The molecule has 0 aromatic heterocycles. The van der Waals surface area contributed by atoms with Gasteiger partial charge in [-0.05, 0) is 38.3 Å². The van der Waals surface area contributed by atoms with E-state index in [1.807, 2.05) is 0 Å². The molecule has 7 heteroatoms. The van der Waals surface area contributed by atoms with Crippen LogP contribution >= 0.6 is 0 Å². The topological polar surface area (TPSA) is 92.5 Å². The molecule has 1 saturated heterocycles. The number of nitrogens with two attached hydrogens (primary N) is 1. The van der Waals surface area contributed by atoms with E-state index in [2.05, 4.69) is 5.32 Å². The molecule has 1 amide bonds. The van der Waals surface area contributed by atoms with Crippen LogP contribution in [0.3, 0.4) is 0 Å². The molecule has 1 aromatic rings. The Labute approximate surface area is 138 Å². The number of piperidine rings is 1. The highest BCUT2D eigenvalue weighted by molar-refractivity contribution is 7.89. The van der Waals surface area contributed by atoms with Gasteiger partial charge in [0, 0.05) is 19.6 Å². The maximum absolute atomic E-state index is 12.8. The quantitative estimate of drug-likeness (QED) is 0.843. The van der Waals surface area contributed by atoms with Crippen molar-refractivity contribution in [3.05, 3.63) is 29.8 Å². The Bertz CT molecular complexity index is 659. The molecule has 0 atom stereocenters. The molecule has 0 spiro atoms. The summed E-state index contributed by atoms with van der Waals surface area (Å²) in [6, 6.07) is 6.79. The minimum absolute atomic E-state index is 0.142. The van der Waals surface area contributed by atoms with E-state index in [0.717, 1.165) is 19.3 Å². The van der Waals surface area contributed by atoms with Gasteiger partial charge >= 0.3 is 0 Å². The van der Waals surface area contributed by atoms with E-state index in [-0.39, 0.29) is 17.3 Å². The van der Waals surface area contributed by atoms with Gasteiger partial charge in [-0.25, -0.2) is 8.42 Å². The largest absolute Gasteiger partial charge is 0.350 e. The van der Waals surface area contributed by atoms with Crippen molar-refractivity contribution >= 4 is 15.9 Å². The van der Waals surface area contributed by atoms with Crippen LogP contribution in [-0.4, -0.2) is 37.3 Å². The summed E-state index contributed by atoms with van der Waals surface area (Å²) < 4.78 is 27.2. The average Bonchev–Trinajstić information content (AvgIpc) is 2.52. The molecule has 0 unspecified atom stereocenters. The van der Waals surface area contributed by atoms with E-state index in [0.29, 0.717) is 18.7 Å². The zero-order chi connectivity index (χ0) is 17.1. The van der Waals surface area contributed by atoms with Gasteiger partial charge in [0.25, 0.3) is 0 Å². The lowest BCUT2D eigenvalue weighted by Gasteiger charge is -2.27. The minimum Gasteiger partial charge on any atom is -0.350 e. The molecule has 3 N–H and O–H groups in total. The number of carbonyl (C=O) groups excluding carboxylic acids is 1. The van der Waals surface area contributed by atoms with Gasteiger partial charge in [0.05, 0.1) is 10.4 Å². The first kappa shape index (κ1) is 17.9. The van der Waals surface area contributed by atoms with Crippen LogP contribution in [-0.2, 0) is 21.4 Å². The Kier molecular flexibility index (Phi) is 5.44. The molecule has 1 aliphatic heterocycles. The van der Waals surface area contributed by atoms with E-state index in [1.165, 1.54) is 4.31 Å². The second-order valence-electron chi connectivity index (χ2n) is 6.48. The predicted octanol–water partition coefficient (Wildman–Crippen LogP) is 1.21. The fourth-order valence-corrected chi connectivity index (χ4v) is 4.29. The van der Waals surface area contributed by atoms with Gasteiger partial charge in [-0.2, -0.15) is 4.31 Å². The number of amides is 1. The molecule has 1 fully saturated rings. The summed E-state index contributed by atoms with van der Waals surface area (Å²) in [5.41, 5.74) is 5.33. The molecule has 1 heterocycles. The lowest BCUT2D eigenvalue weighted by Crippen LogP contribution is -2.48. The van der Waals surface area contributed by atoms with Crippen molar-refractivity contribution in [2.75, 3.05) is 13.1 Å². The molecule has 0 bridgehead atoms. The molecule has 0 saturated carbocycles. The number of rotatable bonds is 5. The van der Waals surface area contributed by atoms with Crippen molar-refractivity contribution in [3.63, 3.8) is 0 Å². The van der Waals surface area contributed by atoms with Crippen molar-refractivity contribution in [3.8, 4) is 0 Å². The number of nitrogens with one attached hydrogen (secondary N) is 1. The van der Waals surface area contributed by atoms with Crippen LogP contribution in [0.25, 0.3) is 0 Å². The van der Waals surface area contributed by atoms with Crippen molar-refractivity contribution in [2.45, 2.75) is 50.1 Å². The predicted molar refractivity (Wildman–Crippen MR) is 89.2 cm³/mol. The van der Waals surface area contributed by atoms with Crippen molar-refractivity contribution in [1.82, 2.24) is 9.62 Å². The zero-order valence-electron chi connectivity index (χ0n) is 13.7. The highest BCUT2D eigenvalue weighted by Crippen LogP contribution is 2.23. The number of hydrogen-bond donors (Lipinski definition) is 2. The summed E-state index contributed by atoms with van der Waals surface area (Å²) in [6.07, 6.45) is 2.84. The smallest absolute Gasteiger partial charge is 0.243 e. The van der Waals surface area contributed by atoms with Crippen LogP contribution in [0, 0.1) is 0 Å². The van der Waals surface area contributed by atoms with E-state index < -0.39 is 15.6 Å². The second kappa shape index (κ2) is 6.98. The van der Waals surface area contributed by atoms with Crippen molar-refractivity contribution < 1.29 is 13.2 Å². The maximum Gasteiger partial charge on any atom is 0.243 e. The van der Waals surface area contributed by atoms with Crippen LogP contribution in [0.4, 0.5) is 0 Å². The molecule has 0 aliphatic carbocycles. The van der Waals surface area contributed by atoms with Crippen LogP contribution in [0.5, 0.6) is 0 Å². The number of nitrogens with zero attached hydrogens (tertiary/aromatic N) is 1. The molecule has 1 aromatic carbocycles. The fraction of sp³-hybridized carbons (Fsp3) is 0.562. The Morgan fingerprint density at radius 3 is 2.43 bits per heavy atom. The summed E-state index contributed by atoms with van der Waals surface area (Å²) in [5, 5.41) is 2.71. The summed E-state index contributed by atoms with van der Waals surface area (Å²) in [6.45, 7) is 4.47. The zero-order valence-corrected chi connectivity index (χ0v) is 14.5.